The molecule has 1 aromatic rings. The van der Waals surface area contributed by atoms with Crippen LogP contribution in [0.25, 0.3) is 0 Å². The average Bonchev–Trinajstić information content (AvgIpc) is 2.72. The summed E-state index contributed by atoms with van der Waals surface area (Å²) < 4.78 is 11.3. The number of guanidine groups is 1. The lowest BCUT2D eigenvalue weighted by Gasteiger charge is -2.13. The molecule has 0 fully saturated rings. The molecule has 0 spiro atoms. The fourth-order valence-electron chi connectivity index (χ4n) is 1.97. The summed E-state index contributed by atoms with van der Waals surface area (Å²) in [5.74, 6) is 2.48. The lowest BCUT2D eigenvalue weighted by Crippen LogP contribution is -2.37. The van der Waals surface area contributed by atoms with Gasteiger partial charge in [0.1, 0.15) is 0 Å². The summed E-state index contributed by atoms with van der Waals surface area (Å²) in [5, 5.41) is 6.53. The lowest BCUT2D eigenvalue weighted by atomic mass is 10.2. The molecule has 0 saturated carbocycles. The van der Waals surface area contributed by atoms with E-state index in [1.165, 1.54) is 0 Å². The molecule has 2 N–H and O–H groups in total. The highest BCUT2D eigenvalue weighted by Gasteiger charge is 2.10. The summed E-state index contributed by atoms with van der Waals surface area (Å²) in [4.78, 5) is 4.18. The van der Waals surface area contributed by atoms with Crippen LogP contribution in [0.1, 0.15) is 25.3 Å². The van der Waals surface area contributed by atoms with E-state index in [0.717, 1.165) is 49.0 Å². The first kappa shape index (κ1) is 17.9. The van der Waals surface area contributed by atoms with E-state index in [9.17, 15) is 0 Å². The number of fused-ring (bicyclic) bond motifs is 1. The summed E-state index contributed by atoms with van der Waals surface area (Å²) in [6, 6.07) is 6.05. The third kappa shape index (κ3) is 5.61. The van der Waals surface area contributed by atoms with Crippen LogP contribution >= 0.6 is 24.0 Å². The summed E-state index contributed by atoms with van der Waals surface area (Å²) in [6.45, 7) is 5.19. The highest BCUT2D eigenvalue weighted by atomic mass is 127. The zero-order valence-corrected chi connectivity index (χ0v) is 15.0. The van der Waals surface area contributed by atoms with Gasteiger partial charge in [0.05, 0.1) is 13.2 Å². The van der Waals surface area contributed by atoms with Crippen molar-refractivity contribution in [2.45, 2.75) is 26.3 Å². The second kappa shape index (κ2) is 9.70. The van der Waals surface area contributed by atoms with Crippen LogP contribution in [-0.2, 0) is 6.54 Å². The number of aliphatic imine (C=N–C) groups is 1. The SMILES string of the molecule is CCCNC(=NC)NCc1ccc2c(c1)OCCCO2.I. The normalized spacial score (nSPS) is 13.9. The molecule has 21 heavy (non-hydrogen) atoms. The molecule has 2 rings (SSSR count). The molecule has 0 unspecified atom stereocenters. The molecule has 0 atom stereocenters. The van der Waals surface area contributed by atoms with Crippen LogP contribution in [-0.4, -0.2) is 32.8 Å². The number of nitrogens with one attached hydrogen (secondary N) is 2. The Hall–Kier alpha value is -1.18. The number of benzene rings is 1. The van der Waals surface area contributed by atoms with Crippen LogP contribution in [0.2, 0.25) is 0 Å². The molecule has 0 aromatic heterocycles. The van der Waals surface area contributed by atoms with Gasteiger partial charge in [-0.3, -0.25) is 4.99 Å². The molecule has 0 bridgehead atoms. The minimum absolute atomic E-state index is 0. The number of nitrogens with zero attached hydrogens (tertiary/aromatic N) is 1. The van der Waals surface area contributed by atoms with Crippen molar-refractivity contribution in [2.24, 2.45) is 4.99 Å². The van der Waals surface area contributed by atoms with Crippen molar-refractivity contribution in [1.82, 2.24) is 10.6 Å². The van der Waals surface area contributed by atoms with E-state index in [1.807, 2.05) is 18.2 Å². The van der Waals surface area contributed by atoms with E-state index in [2.05, 4.69) is 22.5 Å². The first-order valence-electron chi connectivity index (χ1n) is 7.16. The van der Waals surface area contributed by atoms with Crippen LogP contribution in [0.3, 0.4) is 0 Å². The molecule has 1 aliphatic heterocycles. The zero-order chi connectivity index (χ0) is 14.2. The van der Waals surface area contributed by atoms with Crippen LogP contribution in [0.15, 0.2) is 23.2 Å². The molecule has 0 aliphatic carbocycles. The van der Waals surface area contributed by atoms with Gasteiger partial charge in [0.15, 0.2) is 17.5 Å². The Bertz CT molecular complexity index is 466. The van der Waals surface area contributed by atoms with Gasteiger partial charge < -0.3 is 20.1 Å². The van der Waals surface area contributed by atoms with E-state index >= 15 is 0 Å². The fourth-order valence-corrected chi connectivity index (χ4v) is 1.97. The first-order chi connectivity index (χ1) is 9.83. The molecule has 0 radical (unpaired) electrons. The molecule has 1 aromatic carbocycles. The minimum Gasteiger partial charge on any atom is -0.490 e. The minimum atomic E-state index is 0. The van der Waals surface area contributed by atoms with Gasteiger partial charge in [-0.2, -0.15) is 0 Å². The van der Waals surface area contributed by atoms with Crippen molar-refractivity contribution >= 4 is 29.9 Å². The van der Waals surface area contributed by atoms with Crippen LogP contribution in [0, 0.1) is 0 Å². The summed E-state index contributed by atoms with van der Waals surface area (Å²) >= 11 is 0. The van der Waals surface area contributed by atoms with E-state index in [1.54, 1.807) is 7.05 Å². The van der Waals surface area contributed by atoms with Gasteiger partial charge in [-0.25, -0.2) is 0 Å². The average molecular weight is 405 g/mol. The van der Waals surface area contributed by atoms with Crippen molar-refractivity contribution in [1.29, 1.82) is 0 Å². The Kier molecular flexibility index (Phi) is 8.26. The molecule has 0 saturated heterocycles. The summed E-state index contributed by atoms with van der Waals surface area (Å²) in [7, 11) is 1.78. The van der Waals surface area contributed by atoms with Gasteiger partial charge in [0.2, 0.25) is 0 Å². The largest absolute Gasteiger partial charge is 0.490 e. The number of rotatable bonds is 4. The molecule has 5 nitrogen and oxygen atoms in total. The third-order valence-corrected chi connectivity index (χ3v) is 3.04. The zero-order valence-electron chi connectivity index (χ0n) is 12.6. The van der Waals surface area contributed by atoms with Crippen LogP contribution in [0.5, 0.6) is 11.5 Å². The second-order valence-corrected chi connectivity index (χ2v) is 4.68. The molecule has 1 aliphatic rings. The quantitative estimate of drug-likeness (QED) is 0.459. The molecular formula is C15H24IN3O2. The van der Waals surface area contributed by atoms with Crippen LogP contribution < -0.4 is 20.1 Å². The Morgan fingerprint density at radius 2 is 1.95 bits per heavy atom. The van der Waals surface area contributed by atoms with E-state index in [-0.39, 0.29) is 24.0 Å². The van der Waals surface area contributed by atoms with Gasteiger partial charge in [-0.1, -0.05) is 13.0 Å². The molecule has 1 heterocycles. The molecule has 118 valence electrons. The van der Waals surface area contributed by atoms with Crippen molar-refractivity contribution in [3.63, 3.8) is 0 Å². The highest BCUT2D eigenvalue weighted by molar-refractivity contribution is 14.0. The van der Waals surface area contributed by atoms with Crippen LogP contribution in [0.4, 0.5) is 0 Å². The summed E-state index contributed by atoms with van der Waals surface area (Å²) in [6.07, 6.45) is 2.00. The number of hydrogen-bond acceptors (Lipinski definition) is 3. The Morgan fingerprint density at radius 1 is 1.19 bits per heavy atom. The number of halogens is 1. The maximum Gasteiger partial charge on any atom is 0.191 e. The van der Waals surface area contributed by atoms with Gasteiger partial charge in [0.25, 0.3) is 0 Å². The molecule has 6 heteroatoms. The van der Waals surface area contributed by atoms with Gasteiger partial charge in [-0.05, 0) is 24.1 Å². The maximum absolute atomic E-state index is 5.69. The van der Waals surface area contributed by atoms with Crippen molar-refractivity contribution in [2.75, 3.05) is 26.8 Å². The predicted molar refractivity (Wildman–Crippen MR) is 96.0 cm³/mol. The smallest absolute Gasteiger partial charge is 0.191 e. The number of ether oxygens (including phenoxy) is 2. The lowest BCUT2D eigenvalue weighted by molar-refractivity contribution is 0.297. The Labute approximate surface area is 143 Å². The standard InChI is InChI=1S/C15H23N3O2.HI/c1-3-7-17-15(16-2)18-11-12-5-6-13-14(10-12)20-9-4-8-19-13;/h5-6,10H,3-4,7-9,11H2,1-2H3,(H2,16,17,18);1H. The highest BCUT2D eigenvalue weighted by Crippen LogP contribution is 2.30. The topological polar surface area (TPSA) is 54.9 Å². The Morgan fingerprint density at radius 3 is 2.67 bits per heavy atom. The van der Waals surface area contributed by atoms with Gasteiger partial charge in [-0.15, -0.1) is 24.0 Å². The van der Waals surface area contributed by atoms with E-state index in [0.29, 0.717) is 13.2 Å². The van der Waals surface area contributed by atoms with Crippen molar-refractivity contribution in [3.05, 3.63) is 23.8 Å². The van der Waals surface area contributed by atoms with E-state index in [4.69, 9.17) is 9.47 Å². The molecular weight excluding hydrogens is 381 g/mol. The third-order valence-electron chi connectivity index (χ3n) is 3.04. The second-order valence-electron chi connectivity index (χ2n) is 4.68. The first-order valence-corrected chi connectivity index (χ1v) is 7.16. The van der Waals surface area contributed by atoms with Crippen molar-refractivity contribution in [3.8, 4) is 11.5 Å². The maximum atomic E-state index is 5.69. The molecule has 0 amide bonds. The predicted octanol–water partition coefficient (Wildman–Crippen LogP) is 2.54. The summed E-state index contributed by atoms with van der Waals surface area (Å²) in [5.41, 5.74) is 1.15. The Balaban J connectivity index is 0.00000220. The van der Waals surface area contributed by atoms with Gasteiger partial charge in [0, 0.05) is 26.6 Å². The van der Waals surface area contributed by atoms with Crippen molar-refractivity contribution < 1.29 is 9.47 Å². The van der Waals surface area contributed by atoms with Gasteiger partial charge >= 0.3 is 0 Å². The fraction of sp³-hybridized carbons (Fsp3) is 0.533. The van der Waals surface area contributed by atoms with E-state index < -0.39 is 0 Å². The monoisotopic (exact) mass is 405 g/mol. The number of hydrogen-bond donors (Lipinski definition) is 2.